The van der Waals surface area contributed by atoms with Crippen LogP contribution >= 0.6 is 11.3 Å². The van der Waals surface area contributed by atoms with E-state index in [4.69, 9.17) is 0 Å². The maximum Gasteiger partial charge on any atom is 0.329 e. The summed E-state index contributed by atoms with van der Waals surface area (Å²) in [5.74, 6) is -0.270. The number of H-pyrrole nitrogens is 1. The van der Waals surface area contributed by atoms with Gasteiger partial charge in [-0.2, -0.15) is 0 Å². The number of aromatic nitrogens is 2. The van der Waals surface area contributed by atoms with E-state index in [-0.39, 0.29) is 12.3 Å². The maximum atomic E-state index is 13.2. The van der Waals surface area contributed by atoms with Crippen molar-refractivity contribution in [1.29, 1.82) is 0 Å². The molecule has 146 valence electrons. The fourth-order valence-electron chi connectivity index (χ4n) is 3.47. The predicted octanol–water partition coefficient (Wildman–Crippen LogP) is 4.23. The number of carbonyl (C=O) groups excluding carboxylic acids is 1. The zero-order valence-corrected chi connectivity index (χ0v) is 17.2. The molecule has 0 unspecified atom stereocenters. The van der Waals surface area contributed by atoms with Gasteiger partial charge in [0.25, 0.3) is 5.56 Å². The van der Waals surface area contributed by atoms with E-state index in [1.54, 1.807) is 12.1 Å². The Morgan fingerprint density at radius 1 is 1.00 bits per heavy atom. The number of benzene rings is 2. The van der Waals surface area contributed by atoms with Gasteiger partial charge in [0.2, 0.25) is 0 Å². The molecule has 0 saturated carbocycles. The summed E-state index contributed by atoms with van der Waals surface area (Å²) in [6.07, 6.45) is 0. The lowest BCUT2D eigenvalue weighted by molar-refractivity contribution is 0.0969. The Kier molecular flexibility index (Phi) is 4.80. The van der Waals surface area contributed by atoms with Crippen molar-refractivity contribution >= 4 is 27.3 Å². The summed E-state index contributed by atoms with van der Waals surface area (Å²) >= 11 is 1.38. The molecule has 0 amide bonds. The van der Waals surface area contributed by atoms with Gasteiger partial charge in [-0.15, -0.1) is 11.3 Å². The number of Topliss-reactive ketones (excluding diaryl/α,β-unsaturated/α-hetero) is 1. The molecule has 0 atom stereocenters. The average Bonchev–Trinajstić information content (AvgIpc) is 3.03. The molecule has 2 aromatic carbocycles. The Labute approximate surface area is 171 Å². The Morgan fingerprint density at radius 2 is 1.72 bits per heavy atom. The van der Waals surface area contributed by atoms with Gasteiger partial charge in [0.1, 0.15) is 4.83 Å². The number of nitrogens with zero attached hydrogens (tertiary/aromatic N) is 1. The molecule has 4 aromatic rings. The number of thiophene rings is 1. The van der Waals surface area contributed by atoms with Crippen LogP contribution < -0.4 is 11.2 Å². The summed E-state index contributed by atoms with van der Waals surface area (Å²) in [5, 5.41) is 0.450. The molecule has 2 aromatic heterocycles. The Balaban J connectivity index is 1.85. The number of aromatic amines is 1. The van der Waals surface area contributed by atoms with Crippen molar-refractivity contribution in [2.75, 3.05) is 0 Å². The first-order chi connectivity index (χ1) is 13.9. The van der Waals surface area contributed by atoms with Crippen molar-refractivity contribution in [2.45, 2.75) is 27.3 Å². The molecule has 0 aliphatic heterocycles. The highest BCUT2D eigenvalue weighted by molar-refractivity contribution is 7.19. The summed E-state index contributed by atoms with van der Waals surface area (Å²) in [6.45, 7) is 5.53. The first-order valence-corrected chi connectivity index (χ1v) is 10.1. The molecule has 6 heteroatoms. The van der Waals surface area contributed by atoms with E-state index >= 15 is 0 Å². The molecule has 5 nitrogen and oxygen atoms in total. The summed E-state index contributed by atoms with van der Waals surface area (Å²) in [7, 11) is 0. The van der Waals surface area contributed by atoms with Crippen molar-refractivity contribution in [3.63, 3.8) is 0 Å². The van der Waals surface area contributed by atoms with E-state index in [2.05, 4.69) is 4.98 Å². The maximum absolute atomic E-state index is 13.2. The van der Waals surface area contributed by atoms with Crippen LogP contribution in [0.3, 0.4) is 0 Å². The van der Waals surface area contributed by atoms with Crippen LogP contribution in [0.15, 0.2) is 58.1 Å². The lowest BCUT2D eigenvalue weighted by Gasteiger charge is -2.07. The third kappa shape index (κ3) is 3.36. The van der Waals surface area contributed by atoms with E-state index in [1.165, 1.54) is 11.3 Å². The normalized spacial score (nSPS) is 11.1. The van der Waals surface area contributed by atoms with E-state index in [1.807, 2.05) is 57.2 Å². The van der Waals surface area contributed by atoms with Crippen LogP contribution in [-0.2, 0) is 6.54 Å². The molecule has 0 aliphatic carbocycles. The number of nitrogens with one attached hydrogen (secondary N) is 1. The average molecular weight is 404 g/mol. The van der Waals surface area contributed by atoms with Crippen molar-refractivity contribution in [1.82, 2.24) is 9.55 Å². The number of fused-ring (bicyclic) bond motifs is 1. The first kappa shape index (κ1) is 19.1. The van der Waals surface area contributed by atoms with Crippen molar-refractivity contribution in [3.05, 3.63) is 90.9 Å². The zero-order chi connectivity index (χ0) is 20.7. The van der Waals surface area contributed by atoms with Gasteiger partial charge >= 0.3 is 5.69 Å². The van der Waals surface area contributed by atoms with Gasteiger partial charge in [-0.05, 0) is 43.5 Å². The van der Waals surface area contributed by atoms with Gasteiger partial charge in [0.15, 0.2) is 5.78 Å². The van der Waals surface area contributed by atoms with Gasteiger partial charge in [-0.25, -0.2) is 4.79 Å². The number of aryl methyl sites for hydroxylation is 3. The highest BCUT2D eigenvalue weighted by Gasteiger charge is 2.19. The molecule has 2 heterocycles. The minimum atomic E-state index is -0.569. The molecule has 29 heavy (non-hydrogen) atoms. The molecule has 4 rings (SSSR count). The van der Waals surface area contributed by atoms with Crippen LogP contribution in [0.2, 0.25) is 0 Å². The van der Waals surface area contributed by atoms with Gasteiger partial charge in [-0.3, -0.25) is 19.1 Å². The predicted molar refractivity (Wildman–Crippen MR) is 117 cm³/mol. The summed E-state index contributed by atoms with van der Waals surface area (Å²) in [4.78, 5) is 42.8. The number of rotatable bonds is 4. The second kappa shape index (κ2) is 7.29. The zero-order valence-electron chi connectivity index (χ0n) is 16.4. The Bertz CT molecular complexity index is 1360. The molecular weight excluding hydrogens is 384 g/mol. The monoisotopic (exact) mass is 404 g/mol. The second-order valence-electron chi connectivity index (χ2n) is 7.15. The fourth-order valence-corrected chi connectivity index (χ4v) is 4.53. The second-order valence-corrected chi connectivity index (χ2v) is 8.37. The number of ketones is 1. The smallest absolute Gasteiger partial charge is 0.298 e. The molecule has 0 radical (unpaired) electrons. The molecule has 0 saturated heterocycles. The third-order valence-corrected chi connectivity index (χ3v) is 6.22. The lowest BCUT2D eigenvalue weighted by Crippen LogP contribution is -2.37. The minimum absolute atomic E-state index is 0.270. The number of carbonyl (C=O) groups is 1. The quantitative estimate of drug-likeness (QED) is 0.518. The van der Waals surface area contributed by atoms with Crippen LogP contribution in [0.1, 0.15) is 26.4 Å². The topological polar surface area (TPSA) is 71.9 Å². The van der Waals surface area contributed by atoms with Crippen molar-refractivity contribution in [3.8, 4) is 11.1 Å². The van der Waals surface area contributed by atoms with E-state index in [0.717, 1.165) is 31.7 Å². The van der Waals surface area contributed by atoms with Crippen LogP contribution in [0.5, 0.6) is 0 Å². The highest BCUT2D eigenvalue weighted by atomic mass is 32.1. The van der Waals surface area contributed by atoms with Crippen LogP contribution in [0.25, 0.3) is 21.3 Å². The van der Waals surface area contributed by atoms with E-state index in [9.17, 15) is 14.4 Å². The summed E-state index contributed by atoms with van der Waals surface area (Å²) in [5.41, 5.74) is 3.27. The number of hydrogen-bond acceptors (Lipinski definition) is 4. The van der Waals surface area contributed by atoms with Gasteiger partial charge in [0, 0.05) is 16.0 Å². The summed E-state index contributed by atoms with van der Waals surface area (Å²) < 4.78 is 0.998. The molecule has 0 fully saturated rings. The molecular formula is C23H20N2O3S. The van der Waals surface area contributed by atoms with E-state index in [0.29, 0.717) is 15.8 Å². The first-order valence-electron chi connectivity index (χ1n) is 9.29. The lowest BCUT2D eigenvalue weighted by atomic mass is 10.0. The van der Waals surface area contributed by atoms with Crippen LogP contribution in [0, 0.1) is 20.8 Å². The van der Waals surface area contributed by atoms with Crippen LogP contribution in [-0.4, -0.2) is 15.3 Å². The SMILES string of the molecule is Cc1ccc(C(=O)Cn2c(=O)[nH]c3sc(C)c(-c4ccccc4)c3c2=O)cc1C. The van der Waals surface area contributed by atoms with Crippen molar-refractivity contribution in [2.24, 2.45) is 0 Å². The van der Waals surface area contributed by atoms with Gasteiger partial charge < -0.3 is 0 Å². The van der Waals surface area contributed by atoms with Gasteiger partial charge in [-0.1, -0.05) is 42.5 Å². The molecule has 1 N–H and O–H groups in total. The largest absolute Gasteiger partial charge is 0.329 e. The number of hydrogen-bond donors (Lipinski definition) is 1. The minimum Gasteiger partial charge on any atom is -0.298 e. The fraction of sp³-hybridized carbons (Fsp3) is 0.174. The molecule has 0 spiro atoms. The van der Waals surface area contributed by atoms with E-state index < -0.39 is 11.2 Å². The highest BCUT2D eigenvalue weighted by Crippen LogP contribution is 2.34. The molecule has 0 bridgehead atoms. The van der Waals surface area contributed by atoms with Crippen molar-refractivity contribution < 1.29 is 4.79 Å². The molecule has 0 aliphatic rings. The van der Waals surface area contributed by atoms with Crippen LogP contribution in [0.4, 0.5) is 0 Å². The summed E-state index contributed by atoms with van der Waals surface area (Å²) in [6, 6.07) is 15.0. The van der Waals surface area contributed by atoms with Gasteiger partial charge in [0.05, 0.1) is 11.9 Å². The Morgan fingerprint density at radius 3 is 2.41 bits per heavy atom. The standard InChI is InChI=1S/C23H20N2O3S/c1-13-9-10-17(11-14(13)2)18(26)12-25-22(27)20-19(16-7-5-4-6-8-16)15(3)29-21(20)24-23(25)28/h4-11H,12H2,1-3H3,(H,24,28). The Hall–Kier alpha value is -3.25. The third-order valence-electron chi connectivity index (χ3n) is 5.20.